The van der Waals surface area contributed by atoms with E-state index in [2.05, 4.69) is 29.3 Å². The molecule has 19 heavy (non-hydrogen) atoms. The van der Waals surface area contributed by atoms with Crippen LogP contribution in [0.15, 0.2) is 22.7 Å². The molecule has 0 aliphatic rings. The van der Waals surface area contributed by atoms with Crippen LogP contribution in [-0.2, 0) is 13.0 Å². The lowest BCUT2D eigenvalue weighted by atomic mass is 10.1. The van der Waals surface area contributed by atoms with Gasteiger partial charge in [-0.15, -0.1) is 0 Å². The molecule has 2 rings (SSSR count). The van der Waals surface area contributed by atoms with Crippen LogP contribution in [0.2, 0.25) is 5.02 Å². The van der Waals surface area contributed by atoms with Crippen molar-refractivity contribution in [2.45, 2.75) is 33.7 Å². The van der Waals surface area contributed by atoms with E-state index in [1.54, 1.807) is 0 Å². The maximum Gasteiger partial charge on any atom is 0.245 e. The van der Waals surface area contributed by atoms with Crippen molar-refractivity contribution in [3.05, 3.63) is 40.5 Å². The lowest BCUT2D eigenvalue weighted by molar-refractivity contribution is 0.375. The first-order chi connectivity index (χ1) is 9.04. The van der Waals surface area contributed by atoms with Crippen molar-refractivity contribution in [1.29, 1.82) is 0 Å². The van der Waals surface area contributed by atoms with Gasteiger partial charge in [0.05, 0.1) is 17.3 Å². The van der Waals surface area contributed by atoms with Gasteiger partial charge in [-0.1, -0.05) is 36.7 Å². The van der Waals surface area contributed by atoms with Crippen LogP contribution in [0.3, 0.4) is 0 Å². The van der Waals surface area contributed by atoms with E-state index >= 15 is 0 Å². The molecule has 0 amide bonds. The number of rotatable bonds is 5. The third-order valence-corrected chi connectivity index (χ3v) is 2.97. The predicted octanol–water partition coefficient (Wildman–Crippen LogP) is 3.84. The van der Waals surface area contributed by atoms with E-state index in [0.29, 0.717) is 23.4 Å². The molecule has 0 unspecified atom stereocenters. The van der Waals surface area contributed by atoms with Crippen molar-refractivity contribution in [2.75, 3.05) is 5.32 Å². The zero-order chi connectivity index (χ0) is 13.8. The van der Waals surface area contributed by atoms with Crippen molar-refractivity contribution < 1.29 is 4.52 Å². The largest absolute Gasteiger partial charge is 0.375 e. The molecule has 0 bridgehead atoms. The minimum Gasteiger partial charge on any atom is -0.375 e. The minimum atomic E-state index is 0.480. The monoisotopic (exact) mass is 279 g/mol. The highest BCUT2D eigenvalue weighted by atomic mass is 35.5. The maximum absolute atomic E-state index is 6.14. The summed E-state index contributed by atoms with van der Waals surface area (Å²) in [5, 5.41) is 7.84. The number of benzene rings is 1. The molecule has 0 aliphatic heterocycles. The molecule has 0 spiro atoms. The zero-order valence-corrected chi connectivity index (χ0v) is 12.2. The Balaban J connectivity index is 1.96. The summed E-state index contributed by atoms with van der Waals surface area (Å²) in [5.41, 5.74) is 2.00. The van der Waals surface area contributed by atoms with Gasteiger partial charge in [0.15, 0.2) is 5.82 Å². The van der Waals surface area contributed by atoms with Gasteiger partial charge in [-0.05, 0) is 30.5 Å². The number of hydrogen-bond acceptors (Lipinski definition) is 4. The molecule has 5 heteroatoms. The molecule has 4 nitrogen and oxygen atoms in total. The van der Waals surface area contributed by atoms with Crippen LogP contribution < -0.4 is 5.32 Å². The second-order valence-corrected chi connectivity index (χ2v) is 5.45. The highest BCUT2D eigenvalue weighted by molar-refractivity contribution is 6.33. The molecule has 1 aromatic heterocycles. The minimum absolute atomic E-state index is 0.480. The average Bonchev–Trinajstić information content (AvgIpc) is 2.74. The van der Waals surface area contributed by atoms with Crippen molar-refractivity contribution in [3.63, 3.8) is 0 Å². The van der Waals surface area contributed by atoms with Crippen LogP contribution in [0.25, 0.3) is 0 Å². The number of halogens is 1. The van der Waals surface area contributed by atoms with Crippen LogP contribution in [0, 0.1) is 12.8 Å². The molecule has 0 radical (unpaired) electrons. The van der Waals surface area contributed by atoms with Gasteiger partial charge in [-0.25, -0.2) is 0 Å². The van der Waals surface area contributed by atoms with E-state index in [1.807, 2.05) is 25.1 Å². The Hall–Kier alpha value is -1.55. The fourth-order valence-corrected chi connectivity index (χ4v) is 2.05. The Morgan fingerprint density at radius 2 is 2.16 bits per heavy atom. The van der Waals surface area contributed by atoms with Crippen LogP contribution in [0.5, 0.6) is 0 Å². The third kappa shape index (κ3) is 3.96. The fraction of sp³-hybridized carbons (Fsp3) is 0.429. The first-order valence-corrected chi connectivity index (χ1v) is 6.74. The molecule has 0 saturated carbocycles. The number of nitrogens with zero attached hydrogens (tertiary/aromatic N) is 2. The molecule has 2 aromatic rings. The van der Waals surface area contributed by atoms with Crippen LogP contribution in [0.4, 0.5) is 5.69 Å². The van der Waals surface area contributed by atoms with Crippen LogP contribution in [0.1, 0.15) is 31.1 Å². The number of aryl methyl sites for hydroxylation is 1. The van der Waals surface area contributed by atoms with E-state index in [4.69, 9.17) is 16.1 Å². The van der Waals surface area contributed by atoms with Crippen LogP contribution >= 0.6 is 11.6 Å². The highest BCUT2D eigenvalue weighted by Gasteiger charge is 2.08. The normalized spacial score (nSPS) is 11.0. The van der Waals surface area contributed by atoms with Gasteiger partial charge < -0.3 is 9.84 Å². The summed E-state index contributed by atoms with van der Waals surface area (Å²) in [5.74, 6) is 1.85. The zero-order valence-electron chi connectivity index (χ0n) is 11.4. The second kappa shape index (κ2) is 6.06. The maximum atomic E-state index is 6.14. The Kier molecular flexibility index (Phi) is 4.43. The van der Waals surface area contributed by atoms with Crippen molar-refractivity contribution in [1.82, 2.24) is 10.1 Å². The molecule has 0 aliphatic carbocycles. The van der Waals surface area contributed by atoms with Gasteiger partial charge in [0.25, 0.3) is 0 Å². The number of nitrogens with one attached hydrogen (secondary N) is 1. The van der Waals surface area contributed by atoms with E-state index in [1.165, 1.54) is 0 Å². The quantitative estimate of drug-likeness (QED) is 0.903. The predicted molar refractivity (Wildman–Crippen MR) is 76.4 cm³/mol. The highest BCUT2D eigenvalue weighted by Crippen LogP contribution is 2.23. The lowest BCUT2D eigenvalue weighted by Gasteiger charge is -2.06. The molecule has 1 heterocycles. The SMILES string of the molecule is Cc1ccc(NCc2nc(CC(C)C)no2)c(Cl)c1. The van der Waals surface area contributed by atoms with E-state index < -0.39 is 0 Å². The first kappa shape index (κ1) is 13.9. The lowest BCUT2D eigenvalue weighted by Crippen LogP contribution is -2.01. The first-order valence-electron chi connectivity index (χ1n) is 6.36. The number of hydrogen-bond donors (Lipinski definition) is 1. The van der Waals surface area contributed by atoms with Gasteiger partial charge >= 0.3 is 0 Å². The van der Waals surface area contributed by atoms with Crippen molar-refractivity contribution in [2.24, 2.45) is 5.92 Å². The molecular weight excluding hydrogens is 262 g/mol. The number of anilines is 1. The van der Waals surface area contributed by atoms with Gasteiger partial charge in [-0.2, -0.15) is 4.98 Å². The average molecular weight is 280 g/mol. The molecule has 1 aromatic carbocycles. The van der Waals surface area contributed by atoms with E-state index in [0.717, 1.165) is 23.5 Å². The molecule has 102 valence electrons. The van der Waals surface area contributed by atoms with Gasteiger partial charge in [-0.3, -0.25) is 0 Å². The Bertz CT molecular complexity index is 551. The number of aromatic nitrogens is 2. The summed E-state index contributed by atoms with van der Waals surface area (Å²) in [4.78, 5) is 4.33. The summed E-state index contributed by atoms with van der Waals surface area (Å²) in [7, 11) is 0. The van der Waals surface area contributed by atoms with E-state index in [-0.39, 0.29) is 0 Å². The summed E-state index contributed by atoms with van der Waals surface area (Å²) < 4.78 is 5.18. The molecular formula is C14H18ClN3O. The molecule has 0 atom stereocenters. The Labute approximate surface area is 118 Å². The molecule has 0 saturated heterocycles. The van der Waals surface area contributed by atoms with Crippen molar-refractivity contribution in [3.8, 4) is 0 Å². The molecule has 1 N–H and O–H groups in total. The van der Waals surface area contributed by atoms with Gasteiger partial charge in [0, 0.05) is 6.42 Å². The Morgan fingerprint density at radius 1 is 1.37 bits per heavy atom. The van der Waals surface area contributed by atoms with Crippen molar-refractivity contribution >= 4 is 17.3 Å². The Morgan fingerprint density at radius 3 is 2.84 bits per heavy atom. The summed E-state index contributed by atoms with van der Waals surface area (Å²) in [6.07, 6.45) is 0.828. The van der Waals surface area contributed by atoms with Gasteiger partial charge in [0.1, 0.15) is 0 Å². The summed E-state index contributed by atoms with van der Waals surface area (Å²) >= 11 is 6.14. The third-order valence-electron chi connectivity index (χ3n) is 2.66. The topological polar surface area (TPSA) is 51.0 Å². The molecule has 0 fully saturated rings. The van der Waals surface area contributed by atoms with Crippen LogP contribution in [-0.4, -0.2) is 10.1 Å². The van der Waals surface area contributed by atoms with Gasteiger partial charge in [0.2, 0.25) is 5.89 Å². The summed E-state index contributed by atoms with van der Waals surface area (Å²) in [6.45, 7) is 6.74. The smallest absolute Gasteiger partial charge is 0.245 e. The fourth-order valence-electron chi connectivity index (χ4n) is 1.74. The summed E-state index contributed by atoms with van der Waals surface area (Å²) in [6, 6.07) is 5.87. The standard InChI is InChI=1S/C14H18ClN3O/c1-9(2)6-13-17-14(19-18-13)8-16-12-5-4-10(3)7-11(12)15/h4-5,7,9,16H,6,8H2,1-3H3. The van der Waals surface area contributed by atoms with E-state index in [9.17, 15) is 0 Å². The second-order valence-electron chi connectivity index (χ2n) is 5.04.